The van der Waals surface area contributed by atoms with E-state index in [9.17, 15) is 4.79 Å². The number of hydrogen-bond donors (Lipinski definition) is 0. The van der Waals surface area contributed by atoms with Crippen molar-refractivity contribution in [1.82, 2.24) is 14.5 Å². The third kappa shape index (κ3) is 2.79. The summed E-state index contributed by atoms with van der Waals surface area (Å²) in [4.78, 5) is 20.5. The zero-order valence-corrected chi connectivity index (χ0v) is 10.8. The largest absolute Gasteiger partial charge is 0.329 e. The van der Waals surface area contributed by atoms with Gasteiger partial charge in [0.05, 0.1) is 6.42 Å². The van der Waals surface area contributed by atoms with E-state index in [2.05, 4.69) is 16.9 Å². The summed E-state index contributed by atoms with van der Waals surface area (Å²) in [5, 5.41) is 2.82. The van der Waals surface area contributed by atoms with Crippen LogP contribution in [0.3, 0.4) is 0 Å². The molecule has 0 N–H and O–H groups in total. The summed E-state index contributed by atoms with van der Waals surface area (Å²) >= 11 is 1.53. The van der Waals surface area contributed by atoms with E-state index >= 15 is 0 Å². The van der Waals surface area contributed by atoms with E-state index in [1.54, 1.807) is 6.20 Å². The summed E-state index contributed by atoms with van der Waals surface area (Å²) in [6, 6.07) is 0. The smallest absolute Gasteiger partial charge is 0.205 e. The fourth-order valence-corrected chi connectivity index (χ4v) is 2.45. The minimum atomic E-state index is 0.0396. The number of aromatic nitrogens is 3. The number of thiazole rings is 1. The van der Waals surface area contributed by atoms with Crippen molar-refractivity contribution in [2.24, 2.45) is 0 Å². The van der Waals surface area contributed by atoms with Crippen LogP contribution in [0.1, 0.15) is 34.7 Å². The highest BCUT2D eigenvalue weighted by Crippen LogP contribution is 2.12. The number of imidazole rings is 1. The molecule has 0 saturated carbocycles. The van der Waals surface area contributed by atoms with Gasteiger partial charge in [0.15, 0.2) is 5.82 Å². The van der Waals surface area contributed by atoms with Crippen molar-refractivity contribution in [2.45, 2.75) is 33.2 Å². The minimum Gasteiger partial charge on any atom is -0.329 e. The van der Waals surface area contributed by atoms with Gasteiger partial charge >= 0.3 is 0 Å². The van der Waals surface area contributed by atoms with Gasteiger partial charge in [-0.2, -0.15) is 0 Å². The normalized spacial score (nSPS) is 10.7. The van der Waals surface area contributed by atoms with Crippen molar-refractivity contribution in [1.29, 1.82) is 0 Å². The Morgan fingerprint density at radius 2 is 2.35 bits per heavy atom. The van der Waals surface area contributed by atoms with Crippen LogP contribution in [-0.2, 0) is 13.0 Å². The molecule has 0 aliphatic heterocycles. The van der Waals surface area contributed by atoms with Gasteiger partial charge in [0.25, 0.3) is 0 Å². The third-order valence-electron chi connectivity index (χ3n) is 2.41. The number of rotatable bonds is 5. The highest BCUT2D eigenvalue weighted by molar-refractivity contribution is 7.09. The molecule has 0 unspecified atom stereocenters. The summed E-state index contributed by atoms with van der Waals surface area (Å²) in [6.45, 7) is 4.85. The molecule has 0 saturated heterocycles. The van der Waals surface area contributed by atoms with Crippen LogP contribution in [0, 0.1) is 6.92 Å². The summed E-state index contributed by atoms with van der Waals surface area (Å²) in [5.41, 5.74) is 0.967. The monoisotopic (exact) mass is 249 g/mol. The van der Waals surface area contributed by atoms with Gasteiger partial charge in [-0.1, -0.05) is 6.92 Å². The number of aryl methyl sites for hydroxylation is 2. The molecule has 17 heavy (non-hydrogen) atoms. The van der Waals surface area contributed by atoms with Gasteiger partial charge < -0.3 is 4.57 Å². The standard InChI is InChI=1S/C12H15N3OS/c1-3-5-15-6-4-13-12(15)10(16)7-11-14-9(2)8-17-11/h4,6,8H,3,5,7H2,1-2H3. The zero-order valence-electron chi connectivity index (χ0n) is 10.0. The molecule has 0 spiro atoms. The molecule has 2 rings (SSSR count). The Bertz CT molecular complexity index is 515. The van der Waals surface area contributed by atoms with Crippen LogP contribution in [0.25, 0.3) is 0 Å². The van der Waals surface area contributed by atoms with Gasteiger partial charge in [0, 0.05) is 30.0 Å². The summed E-state index contributed by atoms with van der Waals surface area (Å²) < 4.78 is 1.91. The predicted octanol–water partition coefficient (Wildman–Crippen LogP) is 2.48. The van der Waals surface area contributed by atoms with Crippen molar-refractivity contribution in [3.05, 3.63) is 34.3 Å². The maximum atomic E-state index is 12.1. The topological polar surface area (TPSA) is 47.8 Å². The Morgan fingerprint density at radius 1 is 1.53 bits per heavy atom. The molecule has 0 bridgehead atoms. The summed E-state index contributed by atoms with van der Waals surface area (Å²) in [7, 11) is 0. The first-order valence-electron chi connectivity index (χ1n) is 5.66. The quantitative estimate of drug-likeness (QED) is 0.765. The van der Waals surface area contributed by atoms with E-state index in [1.165, 1.54) is 11.3 Å². The van der Waals surface area contributed by atoms with Crippen molar-refractivity contribution >= 4 is 17.1 Å². The van der Waals surface area contributed by atoms with Gasteiger partial charge in [-0.05, 0) is 13.3 Å². The maximum Gasteiger partial charge on any atom is 0.205 e. The van der Waals surface area contributed by atoms with Crippen molar-refractivity contribution < 1.29 is 4.79 Å². The molecule has 2 aromatic rings. The maximum absolute atomic E-state index is 12.1. The lowest BCUT2D eigenvalue weighted by Crippen LogP contribution is -2.12. The van der Waals surface area contributed by atoms with E-state index in [0.717, 1.165) is 23.7 Å². The van der Waals surface area contributed by atoms with Gasteiger partial charge in [0.2, 0.25) is 5.78 Å². The first-order chi connectivity index (χ1) is 8.20. The molecule has 0 amide bonds. The van der Waals surface area contributed by atoms with Crippen LogP contribution in [-0.4, -0.2) is 20.3 Å². The summed E-state index contributed by atoms with van der Waals surface area (Å²) in [6.07, 6.45) is 4.87. The predicted molar refractivity (Wildman–Crippen MR) is 67.4 cm³/mol. The summed E-state index contributed by atoms with van der Waals surface area (Å²) in [5.74, 6) is 0.581. The molecule has 0 radical (unpaired) electrons. The molecule has 0 atom stereocenters. The Balaban J connectivity index is 2.11. The molecule has 0 aliphatic rings. The highest BCUT2D eigenvalue weighted by Gasteiger charge is 2.14. The SMILES string of the molecule is CCCn1ccnc1C(=O)Cc1nc(C)cs1. The van der Waals surface area contributed by atoms with Gasteiger partial charge in [-0.15, -0.1) is 11.3 Å². The van der Waals surface area contributed by atoms with Crippen LogP contribution in [0.4, 0.5) is 0 Å². The molecule has 0 aliphatic carbocycles. The van der Waals surface area contributed by atoms with E-state index < -0.39 is 0 Å². The molecular weight excluding hydrogens is 234 g/mol. The highest BCUT2D eigenvalue weighted by atomic mass is 32.1. The zero-order chi connectivity index (χ0) is 12.3. The average molecular weight is 249 g/mol. The lowest BCUT2D eigenvalue weighted by Gasteiger charge is -2.03. The second kappa shape index (κ2) is 5.23. The molecule has 90 valence electrons. The fourth-order valence-electron chi connectivity index (χ4n) is 1.68. The Labute approximate surface area is 104 Å². The van der Waals surface area contributed by atoms with Crippen molar-refractivity contribution in [3.63, 3.8) is 0 Å². The van der Waals surface area contributed by atoms with Gasteiger partial charge in [-0.3, -0.25) is 4.79 Å². The molecule has 0 aromatic carbocycles. The molecule has 5 heteroatoms. The number of hydrogen-bond acceptors (Lipinski definition) is 4. The third-order valence-corrected chi connectivity index (χ3v) is 3.37. The number of carbonyl (C=O) groups excluding carboxylic acids is 1. The van der Waals surface area contributed by atoms with Gasteiger partial charge in [-0.25, -0.2) is 9.97 Å². The Hall–Kier alpha value is -1.49. The van der Waals surface area contributed by atoms with Crippen molar-refractivity contribution in [2.75, 3.05) is 0 Å². The van der Waals surface area contributed by atoms with Crippen LogP contribution in [0.5, 0.6) is 0 Å². The molecule has 2 aromatic heterocycles. The number of carbonyl (C=O) groups is 1. The number of ketones is 1. The van der Waals surface area contributed by atoms with Crippen LogP contribution >= 0.6 is 11.3 Å². The molecule has 0 fully saturated rings. The van der Waals surface area contributed by atoms with Crippen molar-refractivity contribution in [3.8, 4) is 0 Å². The minimum absolute atomic E-state index is 0.0396. The van der Waals surface area contributed by atoms with Gasteiger partial charge in [0.1, 0.15) is 5.01 Å². The fraction of sp³-hybridized carbons (Fsp3) is 0.417. The van der Waals surface area contributed by atoms with Crippen LogP contribution in [0.2, 0.25) is 0 Å². The second-order valence-corrected chi connectivity index (χ2v) is 4.87. The van der Waals surface area contributed by atoms with Crippen LogP contribution in [0.15, 0.2) is 17.8 Å². The first kappa shape index (κ1) is 12.0. The number of nitrogens with zero attached hydrogens (tertiary/aromatic N) is 3. The lowest BCUT2D eigenvalue weighted by atomic mass is 10.2. The second-order valence-electron chi connectivity index (χ2n) is 3.93. The lowest BCUT2D eigenvalue weighted by molar-refractivity contribution is 0.0978. The molecule has 2 heterocycles. The number of Topliss-reactive ketones (excluding diaryl/α,β-unsaturated/α-hetero) is 1. The van der Waals surface area contributed by atoms with Crippen LogP contribution < -0.4 is 0 Å². The molecular formula is C12H15N3OS. The average Bonchev–Trinajstić information content (AvgIpc) is 2.88. The van der Waals surface area contributed by atoms with E-state index in [4.69, 9.17) is 0 Å². The first-order valence-corrected chi connectivity index (χ1v) is 6.54. The Morgan fingerprint density at radius 3 is 3.00 bits per heavy atom. The van der Waals surface area contributed by atoms with E-state index in [-0.39, 0.29) is 5.78 Å². The van der Waals surface area contributed by atoms with E-state index in [1.807, 2.05) is 23.1 Å². The van der Waals surface area contributed by atoms with E-state index in [0.29, 0.717) is 12.2 Å². The Kier molecular flexibility index (Phi) is 3.68. The molecule has 4 nitrogen and oxygen atoms in total.